The van der Waals surface area contributed by atoms with Crippen molar-refractivity contribution in [2.45, 2.75) is 33.0 Å². The van der Waals surface area contributed by atoms with Gasteiger partial charge in [0, 0.05) is 0 Å². The van der Waals surface area contributed by atoms with Gasteiger partial charge in [-0.25, -0.2) is 9.18 Å². The van der Waals surface area contributed by atoms with Crippen LogP contribution >= 0.6 is 0 Å². The van der Waals surface area contributed by atoms with Crippen LogP contribution in [-0.2, 0) is 9.53 Å². The van der Waals surface area contributed by atoms with Crippen LogP contribution in [0.25, 0.3) is 0 Å². The van der Waals surface area contributed by atoms with Gasteiger partial charge in [-0.15, -0.1) is 0 Å². The molecule has 0 spiro atoms. The van der Waals surface area contributed by atoms with Gasteiger partial charge in [-0.05, 0) is 45.0 Å². The largest absolute Gasteiger partial charge is 0.479 e. The Bertz CT molecular complexity index is 346. The minimum atomic E-state index is -0.701. The van der Waals surface area contributed by atoms with E-state index in [0.717, 1.165) is 0 Å². The molecule has 0 amide bonds. The van der Waals surface area contributed by atoms with Crippen molar-refractivity contribution < 1.29 is 18.7 Å². The summed E-state index contributed by atoms with van der Waals surface area (Å²) in [6, 6.07) is 5.48. The zero-order valence-corrected chi connectivity index (χ0v) is 9.57. The first-order valence-corrected chi connectivity index (χ1v) is 5.11. The number of halogens is 1. The van der Waals surface area contributed by atoms with Crippen molar-refractivity contribution in [3.8, 4) is 5.75 Å². The van der Waals surface area contributed by atoms with E-state index in [1.54, 1.807) is 20.8 Å². The lowest BCUT2D eigenvalue weighted by Crippen LogP contribution is -2.28. The lowest BCUT2D eigenvalue weighted by molar-refractivity contribution is -0.154. The van der Waals surface area contributed by atoms with Crippen molar-refractivity contribution in [3.05, 3.63) is 30.1 Å². The van der Waals surface area contributed by atoms with Crippen LogP contribution in [-0.4, -0.2) is 18.2 Å². The van der Waals surface area contributed by atoms with Gasteiger partial charge in [0.2, 0.25) is 0 Å². The van der Waals surface area contributed by atoms with Crippen LogP contribution in [0, 0.1) is 5.82 Å². The summed E-state index contributed by atoms with van der Waals surface area (Å²) in [4.78, 5) is 11.4. The minimum absolute atomic E-state index is 0.174. The summed E-state index contributed by atoms with van der Waals surface area (Å²) in [6.07, 6.45) is -0.875. The van der Waals surface area contributed by atoms with Gasteiger partial charge in [0.25, 0.3) is 0 Å². The topological polar surface area (TPSA) is 35.5 Å². The molecular formula is C12H15FO3. The molecule has 0 fully saturated rings. The summed E-state index contributed by atoms with van der Waals surface area (Å²) in [5.41, 5.74) is 0. The van der Waals surface area contributed by atoms with E-state index >= 15 is 0 Å². The third kappa shape index (κ3) is 3.88. The van der Waals surface area contributed by atoms with Crippen molar-refractivity contribution in [1.29, 1.82) is 0 Å². The molecule has 0 saturated carbocycles. The van der Waals surface area contributed by atoms with E-state index in [1.807, 2.05) is 0 Å². The van der Waals surface area contributed by atoms with Gasteiger partial charge in [-0.1, -0.05) is 0 Å². The second-order valence-electron chi connectivity index (χ2n) is 3.70. The molecule has 0 aliphatic rings. The third-order valence-electron chi connectivity index (χ3n) is 1.81. The molecule has 0 heterocycles. The van der Waals surface area contributed by atoms with Gasteiger partial charge < -0.3 is 9.47 Å². The maximum absolute atomic E-state index is 12.6. The van der Waals surface area contributed by atoms with Crippen molar-refractivity contribution in [3.63, 3.8) is 0 Å². The fraction of sp³-hybridized carbons (Fsp3) is 0.417. The molecular weight excluding hydrogens is 211 g/mol. The Kier molecular flexibility index (Phi) is 4.28. The highest BCUT2D eigenvalue weighted by atomic mass is 19.1. The molecule has 88 valence electrons. The highest BCUT2D eigenvalue weighted by Gasteiger charge is 2.17. The first-order chi connectivity index (χ1) is 7.49. The van der Waals surface area contributed by atoms with Crippen LogP contribution in [0.3, 0.4) is 0 Å². The summed E-state index contributed by atoms with van der Waals surface area (Å²) in [5.74, 6) is -0.335. The molecule has 1 atom stereocenters. The lowest BCUT2D eigenvalue weighted by Gasteiger charge is -2.15. The molecule has 0 bridgehead atoms. The second-order valence-corrected chi connectivity index (χ2v) is 3.70. The average molecular weight is 226 g/mol. The normalized spacial score (nSPS) is 12.3. The zero-order chi connectivity index (χ0) is 12.1. The third-order valence-corrected chi connectivity index (χ3v) is 1.81. The molecule has 0 aliphatic heterocycles. The number of carbonyl (C=O) groups excluding carboxylic acids is 1. The Morgan fingerprint density at radius 1 is 1.19 bits per heavy atom. The summed E-state index contributed by atoms with van der Waals surface area (Å²) in [7, 11) is 0. The second kappa shape index (κ2) is 5.49. The standard InChI is InChI=1S/C12H15FO3/c1-8(2)15-12(14)9(3)16-11-6-4-10(13)5-7-11/h4-9H,1-3H3. The van der Waals surface area contributed by atoms with Crippen LogP contribution in [0.15, 0.2) is 24.3 Å². The molecule has 1 aromatic carbocycles. The maximum atomic E-state index is 12.6. The van der Waals surface area contributed by atoms with E-state index < -0.39 is 12.1 Å². The number of benzene rings is 1. The predicted octanol–water partition coefficient (Wildman–Crippen LogP) is 2.54. The van der Waals surface area contributed by atoms with Gasteiger partial charge in [-0.3, -0.25) is 0 Å². The molecule has 0 radical (unpaired) electrons. The number of carbonyl (C=O) groups is 1. The van der Waals surface area contributed by atoms with E-state index in [9.17, 15) is 9.18 Å². The number of rotatable bonds is 4. The monoisotopic (exact) mass is 226 g/mol. The molecule has 0 saturated heterocycles. The van der Waals surface area contributed by atoms with Crippen LogP contribution < -0.4 is 4.74 Å². The first kappa shape index (κ1) is 12.5. The van der Waals surface area contributed by atoms with Gasteiger partial charge >= 0.3 is 5.97 Å². The van der Waals surface area contributed by atoms with E-state index in [2.05, 4.69) is 0 Å². The number of hydrogen-bond donors (Lipinski definition) is 0. The fourth-order valence-electron chi connectivity index (χ4n) is 1.09. The quantitative estimate of drug-likeness (QED) is 0.740. The highest BCUT2D eigenvalue weighted by molar-refractivity contribution is 5.74. The summed E-state index contributed by atoms with van der Waals surface area (Å²) >= 11 is 0. The summed E-state index contributed by atoms with van der Waals surface area (Å²) in [5, 5.41) is 0. The smallest absolute Gasteiger partial charge is 0.347 e. The van der Waals surface area contributed by atoms with Crippen molar-refractivity contribution in [2.24, 2.45) is 0 Å². The lowest BCUT2D eigenvalue weighted by atomic mass is 10.3. The Hall–Kier alpha value is -1.58. The molecule has 16 heavy (non-hydrogen) atoms. The average Bonchev–Trinajstić information content (AvgIpc) is 2.20. The van der Waals surface area contributed by atoms with Crippen LogP contribution in [0.5, 0.6) is 5.75 Å². The predicted molar refractivity (Wildman–Crippen MR) is 57.7 cm³/mol. The molecule has 0 aliphatic carbocycles. The van der Waals surface area contributed by atoms with E-state index in [0.29, 0.717) is 5.75 Å². The maximum Gasteiger partial charge on any atom is 0.347 e. The Morgan fingerprint density at radius 3 is 2.25 bits per heavy atom. The Labute approximate surface area is 94.2 Å². The molecule has 1 unspecified atom stereocenters. The summed E-state index contributed by atoms with van der Waals surface area (Å²) in [6.45, 7) is 5.12. The Balaban J connectivity index is 2.53. The number of esters is 1. The van der Waals surface area contributed by atoms with Crippen molar-refractivity contribution in [2.75, 3.05) is 0 Å². The molecule has 1 aromatic rings. The minimum Gasteiger partial charge on any atom is -0.479 e. The molecule has 3 nitrogen and oxygen atoms in total. The van der Waals surface area contributed by atoms with Gasteiger partial charge in [-0.2, -0.15) is 0 Å². The zero-order valence-electron chi connectivity index (χ0n) is 9.57. The molecule has 4 heteroatoms. The van der Waals surface area contributed by atoms with Gasteiger partial charge in [0.15, 0.2) is 6.10 Å². The van der Waals surface area contributed by atoms with E-state index in [-0.39, 0.29) is 11.9 Å². The highest BCUT2D eigenvalue weighted by Crippen LogP contribution is 2.13. The van der Waals surface area contributed by atoms with Gasteiger partial charge in [0.1, 0.15) is 11.6 Å². The Morgan fingerprint density at radius 2 is 1.75 bits per heavy atom. The number of ether oxygens (including phenoxy) is 2. The molecule has 0 N–H and O–H groups in total. The van der Waals surface area contributed by atoms with Crippen molar-refractivity contribution in [1.82, 2.24) is 0 Å². The van der Waals surface area contributed by atoms with Crippen LogP contribution in [0.2, 0.25) is 0 Å². The SMILES string of the molecule is CC(C)OC(=O)C(C)Oc1ccc(F)cc1. The van der Waals surface area contributed by atoms with Gasteiger partial charge in [0.05, 0.1) is 6.10 Å². The molecule has 1 rings (SSSR count). The molecule has 0 aromatic heterocycles. The van der Waals surface area contributed by atoms with E-state index in [1.165, 1.54) is 24.3 Å². The van der Waals surface area contributed by atoms with Crippen LogP contribution in [0.1, 0.15) is 20.8 Å². The fourth-order valence-corrected chi connectivity index (χ4v) is 1.09. The number of hydrogen-bond acceptors (Lipinski definition) is 3. The van der Waals surface area contributed by atoms with E-state index in [4.69, 9.17) is 9.47 Å². The summed E-state index contributed by atoms with van der Waals surface area (Å²) < 4.78 is 22.9. The first-order valence-electron chi connectivity index (χ1n) is 5.11. The van der Waals surface area contributed by atoms with Crippen molar-refractivity contribution >= 4 is 5.97 Å². The van der Waals surface area contributed by atoms with Crippen LogP contribution in [0.4, 0.5) is 4.39 Å².